The second-order valence-electron chi connectivity index (χ2n) is 4.64. The third-order valence-electron chi connectivity index (χ3n) is 3.34. The van der Waals surface area contributed by atoms with Gasteiger partial charge in [0.2, 0.25) is 5.43 Å². The standard InChI is InChI=1S/C13H9ClFNO4/c1-5-4-20-12-9(14)8(15)2-6-10(12)16(5)3-7(11(6)17)13(18)19/h2-3,5H,4H2,1H3,(H,18,19). The predicted molar refractivity (Wildman–Crippen MR) is 70.3 cm³/mol. The molecule has 2 aromatic rings. The number of carboxylic acid groups (broad SMARTS) is 1. The van der Waals surface area contributed by atoms with Crippen LogP contribution in [0.15, 0.2) is 17.1 Å². The highest BCUT2D eigenvalue weighted by Gasteiger charge is 2.27. The van der Waals surface area contributed by atoms with Gasteiger partial charge in [-0.2, -0.15) is 0 Å². The van der Waals surface area contributed by atoms with Crippen LogP contribution >= 0.6 is 11.6 Å². The van der Waals surface area contributed by atoms with Crippen LogP contribution in [0.2, 0.25) is 5.02 Å². The molecule has 1 aliphatic rings. The summed E-state index contributed by atoms with van der Waals surface area (Å²) in [6.07, 6.45) is 1.25. The minimum absolute atomic E-state index is 0.0478. The van der Waals surface area contributed by atoms with Crippen molar-refractivity contribution in [2.45, 2.75) is 13.0 Å². The molecule has 0 fully saturated rings. The lowest BCUT2D eigenvalue weighted by molar-refractivity contribution is 0.0694. The summed E-state index contributed by atoms with van der Waals surface area (Å²) in [5.74, 6) is -2.08. The summed E-state index contributed by atoms with van der Waals surface area (Å²) in [6.45, 7) is 2.02. The molecule has 104 valence electrons. The van der Waals surface area contributed by atoms with E-state index < -0.39 is 22.8 Å². The number of pyridine rings is 1. The van der Waals surface area contributed by atoms with Gasteiger partial charge in [0, 0.05) is 6.20 Å². The van der Waals surface area contributed by atoms with Crippen molar-refractivity contribution in [2.75, 3.05) is 6.61 Å². The molecule has 1 unspecified atom stereocenters. The Kier molecular flexibility index (Phi) is 2.72. The molecule has 3 rings (SSSR count). The first kappa shape index (κ1) is 12.9. The Bertz CT molecular complexity index is 814. The minimum atomic E-state index is -1.35. The van der Waals surface area contributed by atoms with Crippen molar-refractivity contribution in [3.8, 4) is 5.75 Å². The van der Waals surface area contributed by atoms with E-state index in [-0.39, 0.29) is 28.8 Å². The highest BCUT2D eigenvalue weighted by molar-refractivity contribution is 6.33. The lowest BCUT2D eigenvalue weighted by atomic mass is 10.1. The van der Waals surface area contributed by atoms with Crippen LogP contribution in [0.4, 0.5) is 4.39 Å². The average Bonchev–Trinajstić information content (AvgIpc) is 2.39. The van der Waals surface area contributed by atoms with Crippen LogP contribution in [0.5, 0.6) is 5.75 Å². The number of halogens is 2. The molecular weight excluding hydrogens is 289 g/mol. The van der Waals surface area contributed by atoms with Gasteiger partial charge in [-0.3, -0.25) is 4.79 Å². The second kappa shape index (κ2) is 4.21. The number of benzene rings is 1. The van der Waals surface area contributed by atoms with Gasteiger partial charge in [0.15, 0.2) is 5.75 Å². The van der Waals surface area contributed by atoms with Gasteiger partial charge in [0.1, 0.15) is 23.0 Å². The maximum absolute atomic E-state index is 13.8. The van der Waals surface area contributed by atoms with Crippen molar-refractivity contribution < 1.29 is 19.0 Å². The van der Waals surface area contributed by atoms with Crippen molar-refractivity contribution >= 4 is 28.5 Å². The quantitative estimate of drug-likeness (QED) is 0.878. The number of hydrogen-bond acceptors (Lipinski definition) is 3. The van der Waals surface area contributed by atoms with Crippen molar-refractivity contribution in [3.05, 3.63) is 38.9 Å². The van der Waals surface area contributed by atoms with Gasteiger partial charge in [-0.1, -0.05) is 11.6 Å². The number of aromatic nitrogens is 1. The van der Waals surface area contributed by atoms with Crippen LogP contribution in [0.3, 0.4) is 0 Å². The van der Waals surface area contributed by atoms with Gasteiger partial charge >= 0.3 is 5.97 Å². The van der Waals surface area contributed by atoms with Crippen molar-refractivity contribution in [2.24, 2.45) is 0 Å². The fraction of sp³-hybridized carbons (Fsp3) is 0.231. The van der Waals surface area contributed by atoms with Gasteiger partial charge in [-0.15, -0.1) is 0 Å². The topological polar surface area (TPSA) is 68.5 Å². The summed E-state index contributed by atoms with van der Waals surface area (Å²) in [5.41, 5.74) is -0.831. The zero-order valence-electron chi connectivity index (χ0n) is 10.3. The smallest absolute Gasteiger partial charge is 0.341 e. The number of carbonyl (C=O) groups is 1. The summed E-state index contributed by atoms with van der Waals surface area (Å²) in [7, 11) is 0. The summed E-state index contributed by atoms with van der Waals surface area (Å²) in [6, 6.07) is 0.763. The molecule has 0 aliphatic carbocycles. The Morgan fingerprint density at radius 1 is 1.60 bits per heavy atom. The third kappa shape index (κ3) is 1.61. The molecule has 0 radical (unpaired) electrons. The molecule has 7 heteroatoms. The van der Waals surface area contributed by atoms with Gasteiger partial charge in [0.05, 0.1) is 16.9 Å². The van der Waals surface area contributed by atoms with Crippen LogP contribution in [0, 0.1) is 5.82 Å². The van der Waals surface area contributed by atoms with E-state index in [1.54, 1.807) is 11.5 Å². The van der Waals surface area contributed by atoms with Gasteiger partial charge < -0.3 is 14.4 Å². The van der Waals surface area contributed by atoms with E-state index in [0.717, 1.165) is 6.07 Å². The number of rotatable bonds is 1. The number of nitrogens with zero attached hydrogens (tertiary/aromatic N) is 1. The number of ether oxygens (including phenoxy) is 1. The molecule has 1 atom stereocenters. The van der Waals surface area contributed by atoms with Crippen LogP contribution in [-0.4, -0.2) is 22.2 Å². The normalized spacial score (nSPS) is 17.1. The number of hydrogen-bond donors (Lipinski definition) is 1. The van der Waals surface area contributed by atoms with E-state index in [1.165, 1.54) is 6.20 Å². The largest absolute Gasteiger partial charge is 0.488 e. The molecule has 0 saturated heterocycles. The molecule has 0 saturated carbocycles. The lowest BCUT2D eigenvalue weighted by Gasteiger charge is -2.27. The van der Waals surface area contributed by atoms with E-state index in [0.29, 0.717) is 5.52 Å². The van der Waals surface area contributed by atoms with Crippen molar-refractivity contribution in [1.29, 1.82) is 0 Å². The Hall–Kier alpha value is -2.08. The van der Waals surface area contributed by atoms with Gasteiger partial charge in [0.25, 0.3) is 0 Å². The van der Waals surface area contributed by atoms with Crippen LogP contribution < -0.4 is 10.2 Å². The Morgan fingerprint density at radius 2 is 2.30 bits per heavy atom. The van der Waals surface area contributed by atoms with Crippen LogP contribution in [0.25, 0.3) is 10.9 Å². The first-order valence-electron chi connectivity index (χ1n) is 5.84. The molecule has 0 bridgehead atoms. The summed E-state index contributed by atoms with van der Waals surface area (Å²) in [5, 5.41) is 8.82. The Labute approximate surface area is 117 Å². The first-order valence-corrected chi connectivity index (χ1v) is 6.22. The van der Waals surface area contributed by atoms with E-state index in [9.17, 15) is 14.0 Å². The Balaban J connectivity index is 2.57. The molecule has 1 N–H and O–H groups in total. The zero-order chi connectivity index (χ0) is 14.6. The van der Waals surface area contributed by atoms with E-state index in [2.05, 4.69) is 0 Å². The molecule has 0 spiro atoms. The molecule has 1 aromatic carbocycles. The lowest BCUT2D eigenvalue weighted by Crippen LogP contribution is -2.26. The van der Waals surface area contributed by atoms with E-state index in [1.807, 2.05) is 0 Å². The number of aromatic carboxylic acids is 1. The fourth-order valence-electron chi connectivity index (χ4n) is 2.35. The Morgan fingerprint density at radius 3 is 2.95 bits per heavy atom. The fourth-order valence-corrected chi connectivity index (χ4v) is 2.54. The van der Waals surface area contributed by atoms with Gasteiger partial charge in [-0.25, -0.2) is 9.18 Å². The predicted octanol–water partition coefficient (Wildman–Crippen LogP) is 2.45. The summed E-state index contributed by atoms with van der Waals surface area (Å²) in [4.78, 5) is 23.3. The average molecular weight is 298 g/mol. The summed E-state index contributed by atoms with van der Waals surface area (Å²) >= 11 is 5.85. The minimum Gasteiger partial charge on any atom is -0.488 e. The molecule has 5 nitrogen and oxygen atoms in total. The molecule has 1 aromatic heterocycles. The SMILES string of the molecule is CC1COc2c(Cl)c(F)cc3c(=O)c(C(=O)O)cn1c23. The molecule has 0 amide bonds. The molecule has 2 heterocycles. The van der Waals surface area contributed by atoms with Crippen LogP contribution in [-0.2, 0) is 0 Å². The molecule has 20 heavy (non-hydrogen) atoms. The monoisotopic (exact) mass is 297 g/mol. The third-order valence-corrected chi connectivity index (χ3v) is 3.69. The highest BCUT2D eigenvalue weighted by Crippen LogP contribution is 2.39. The maximum Gasteiger partial charge on any atom is 0.341 e. The van der Waals surface area contributed by atoms with Crippen LogP contribution in [0.1, 0.15) is 23.3 Å². The molecular formula is C13H9ClFNO4. The molecule has 1 aliphatic heterocycles. The number of carboxylic acids is 1. The second-order valence-corrected chi connectivity index (χ2v) is 5.02. The maximum atomic E-state index is 13.8. The van der Waals surface area contributed by atoms with E-state index in [4.69, 9.17) is 21.4 Å². The zero-order valence-corrected chi connectivity index (χ0v) is 11.1. The van der Waals surface area contributed by atoms with E-state index >= 15 is 0 Å². The first-order chi connectivity index (χ1) is 9.41. The van der Waals surface area contributed by atoms with Crippen molar-refractivity contribution in [1.82, 2.24) is 4.57 Å². The van der Waals surface area contributed by atoms with Crippen molar-refractivity contribution in [3.63, 3.8) is 0 Å². The highest BCUT2D eigenvalue weighted by atomic mass is 35.5. The summed E-state index contributed by atoms with van der Waals surface area (Å²) < 4.78 is 20.7. The van der Waals surface area contributed by atoms with Gasteiger partial charge in [-0.05, 0) is 13.0 Å².